The van der Waals surface area contributed by atoms with Crippen LogP contribution in [-0.4, -0.2) is 36.2 Å². The number of nitrogens with one attached hydrogen (secondary N) is 2. The molecule has 2 aromatic carbocycles. The molecule has 3 rings (SSSR count). The van der Waals surface area contributed by atoms with Crippen molar-refractivity contribution in [2.45, 2.75) is 31.9 Å². The second-order valence-corrected chi connectivity index (χ2v) is 6.49. The van der Waals surface area contributed by atoms with Crippen molar-refractivity contribution in [3.05, 3.63) is 71.5 Å². The summed E-state index contributed by atoms with van der Waals surface area (Å²) in [6, 6.07) is 14.7. The molecular weight excluding hydrogens is 361 g/mol. The van der Waals surface area contributed by atoms with Crippen LogP contribution in [0.2, 0.25) is 0 Å². The highest BCUT2D eigenvalue weighted by Gasteiger charge is 2.32. The number of hydrogen-bond acceptors (Lipinski definition) is 4. The van der Waals surface area contributed by atoms with Gasteiger partial charge in [0.15, 0.2) is 0 Å². The molecular formula is C21H22FN3O3. The Bertz CT molecular complexity index is 870. The monoisotopic (exact) mass is 383 g/mol. The van der Waals surface area contributed by atoms with Gasteiger partial charge < -0.3 is 15.5 Å². The summed E-state index contributed by atoms with van der Waals surface area (Å²) in [5.74, 6) is -1.07. The highest BCUT2D eigenvalue weighted by molar-refractivity contribution is 6.04. The van der Waals surface area contributed by atoms with E-state index in [1.54, 1.807) is 12.1 Å². The van der Waals surface area contributed by atoms with Crippen molar-refractivity contribution in [3.8, 4) is 0 Å². The molecule has 6 nitrogen and oxygen atoms in total. The lowest BCUT2D eigenvalue weighted by Gasteiger charge is -2.19. The molecule has 0 fully saturated rings. The van der Waals surface area contributed by atoms with Crippen molar-refractivity contribution in [2.24, 2.45) is 5.16 Å². The van der Waals surface area contributed by atoms with Crippen molar-refractivity contribution in [3.63, 3.8) is 0 Å². The third-order valence-corrected chi connectivity index (χ3v) is 4.39. The van der Waals surface area contributed by atoms with Gasteiger partial charge >= 0.3 is 0 Å². The SMILES string of the molecule is CCNC(=O)[C@H](Cc1ccccc1)NC(=O)[C@@H]1CC(c2cccc(F)c2)=NO1. The minimum absolute atomic E-state index is 0.211. The van der Waals surface area contributed by atoms with Crippen LogP contribution < -0.4 is 10.6 Å². The third kappa shape index (κ3) is 4.94. The molecule has 0 saturated carbocycles. The second kappa shape index (κ2) is 9.12. The molecule has 1 aliphatic rings. The molecule has 0 radical (unpaired) electrons. The molecule has 0 aromatic heterocycles. The number of rotatable bonds is 7. The number of likely N-dealkylation sites (N-methyl/N-ethyl adjacent to an activating group) is 1. The predicted octanol–water partition coefficient (Wildman–Crippen LogP) is 2.18. The van der Waals surface area contributed by atoms with E-state index < -0.39 is 18.1 Å². The minimum Gasteiger partial charge on any atom is -0.382 e. The predicted molar refractivity (Wildman–Crippen MR) is 103 cm³/mol. The largest absolute Gasteiger partial charge is 0.382 e. The second-order valence-electron chi connectivity index (χ2n) is 6.49. The van der Waals surface area contributed by atoms with E-state index in [0.29, 0.717) is 24.2 Å². The number of halogens is 1. The van der Waals surface area contributed by atoms with Crippen molar-refractivity contribution in [1.82, 2.24) is 10.6 Å². The van der Waals surface area contributed by atoms with Gasteiger partial charge in [0.05, 0.1) is 5.71 Å². The van der Waals surface area contributed by atoms with Crippen LogP contribution in [0.25, 0.3) is 0 Å². The molecule has 0 spiro atoms. The van der Waals surface area contributed by atoms with Gasteiger partial charge in [-0.05, 0) is 24.6 Å². The lowest BCUT2D eigenvalue weighted by molar-refractivity contribution is -0.135. The quantitative estimate of drug-likeness (QED) is 0.769. The van der Waals surface area contributed by atoms with Gasteiger partial charge in [0, 0.05) is 24.9 Å². The molecule has 0 aliphatic carbocycles. The molecule has 2 aromatic rings. The topological polar surface area (TPSA) is 79.8 Å². The smallest absolute Gasteiger partial charge is 0.265 e. The van der Waals surface area contributed by atoms with Gasteiger partial charge in [-0.2, -0.15) is 0 Å². The Labute approximate surface area is 162 Å². The molecule has 7 heteroatoms. The maximum absolute atomic E-state index is 13.4. The molecule has 1 heterocycles. The summed E-state index contributed by atoms with van der Waals surface area (Å²) in [7, 11) is 0. The van der Waals surface area contributed by atoms with Gasteiger partial charge in [-0.25, -0.2) is 4.39 Å². The molecule has 2 amide bonds. The zero-order chi connectivity index (χ0) is 19.9. The van der Waals surface area contributed by atoms with Gasteiger partial charge in [-0.1, -0.05) is 47.6 Å². The van der Waals surface area contributed by atoms with Crippen molar-refractivity contribution < 1.29 is 18.8 Å². The number of oxime groups is 1. The Morgan fingerprint density at radius 3 is 2.71 bits per heavy atom. The van der Waals surface area contributed by atoms with Gasteiger partial charge in [-0.3, -0.25) is 9.59 Å². The normalized spacial score (nSPS) is 16.6. The summed E-state index contributed by atoms with van der Waals surface area (Å²) < 4.78 is 13.4. The summed E-state index contributed by atoms with van der Waals surface area (Å²) in [4.78, 5) is 30.3. The van der Waals surface area contributed by atoms with Gasteiger partial charge in [0.1, 0.15) is 11.9 Å². The summed E-state index contributed by atoms with van der Waals surface area (Å²) >= 11 is 0. The molecule has 0 unspecified atom stereocenters. The summed E-state index contributed by atoms with van der Waals surface area (Å²) in [6.45, 7) is 2.28. The van der Waals surface area contributed by atoms with E-state index in [1.165, 1.54) is 12.1 Å². The highest BCUT2D eigenvalue weighted by atomic mass is 19.1. The Morgan fingerprint density at radius 2 is 2.00 bits per heavy atom. The van der Waals surface area contributed by atoms with Gasteiger partial charge in [0.25, 0.3) is 5.91 Å². The fraction of sp³-hybridized carbons (Fsp3) is 0.286. The van der Waals surface area contributed by atoms with E-state index in [1.807, 2.05) is 37.3 Å². The fourth-order valence-corrected chi connectivity index (χ4v) is 2.98. The van der Waals surface area contributed by atoms with E-state index in [0.717, 1.165) is 5.56 Å². The van der Waals surface area contributed by atoms with Crippen LogP contribution in [0.15, 0.2) is 59.8 Å². The maximum atomic E-state index is 13.4. The molecule has 1 aliphatic heterocycles. The van der Waals surface area contributed by atoms with Crippen LogP contribution in [0.1, 0.15) is 24.5 Å². The number of benzene rings is 2. The number of hydrogen-bond donors (Lipinski definition) is 2. The van der Waals surface area contributed by atoms with Crippen LogP contribution >= 0.6 is 0 Å². The number of carbonyl (C=O) groups is 2. The first-order chi connectivity index (χ1) is 13.6. The first-order valence-corrected chi connectivity index (χ1v) is 9.17. The van der Waals surface area contributed by atoms with Gasteiger partial charge in [0.2, 0.25) is 12.0 Å². The van der Waals surface area contributed by atoms with E-state index in [2.05, 4.69) is 15.8 Å². The third-order valence-electron chi connectivity index (χ3n) is 4.39. The Hall–Kier alpha value is -3.22. The Kier molecular flexibility index (Phi) is 6.37. The summed E-state index contributed by atoms with van der Waals surface area (Å²) in [6.07, 6.45) is -0.281. The van der Waals surface area contributed by atoms with Crippen LogP contribution in [0.4, 0.5) is 4.39 Å². The molecule has 2 N–H and O–H groups in total. The molecule has 2 atom stereocenters. The minimum atomic E-state index is -0.856. The van der Waals surface area contributed by atoms with Crippen molar-refractivity contribution in [1.29, 1.82) is 0 Å². The Balaban J connectivity index is 1.64. The van der Waals surface area contributed by atoms with Crippen LogP contribution in [0, 0.1) is 5.82 Å². The zero-order valence-electron chi connectivity index (χ0n) is 15.5. The highest BCUT2D eigenvalue weighted by Crippen LogP contribution is 2.18. The molecule has 0 saturated heterocycles. The van der Waals surface area contributed by atoms with Crippen LogP contribution in [0.5, 0.6) is 0 Å². The molecule has 0 bridgehead atoms. The average molecular weight is 383 g/mol. The van der Waals surface area contributed by atoms with E-state index in [-0.39, 0.29) is 18.1 Å². The van der Waals surface area contributed by atoms with Crippen LogP contribution in [0.3, 0.4) is 0 Å². The molecule has 146 valence electrons. The van der Waals surface area contributed by atoms with E-state index in [4.69, 9.17) is 4.84 Å². The number of amides is 2. The summed E-state index contributed by atoms with van der Waals surface area (Å²) in [5, 5.41) is 9.40. The lowest BCUT2D eigenvalue weighted by atomic mass is 10.0. The average Bonchev–Trinajstić information content (AvgIpc) is 3.19. The van der Waals surface area contributed by atoms with E-state index in [9.17, 15) is 14.0 Å². The van der Waals surface area contributed by atoms with E-state index >= 15 is 0 Å². The lowest BCUT2D eigenvalue weighted by Crippen LogP contribution is -2.50. The fourth-order valence-electron chi connectivity index (χ4n) is 2.98. The number of nitrogens with zero attached hydrogens (tertiary/aromatic N) is 1. The maximum Gasteiger partial charge on any atom is 0.265 e. The van der Waals surface area contributed by atoms with Crippen LogP contribution in [-0.2, 0) is 20.8 Å². The molecule has 28 heavy (non-hydrogen) atoms. The van der Waals surface area contributed by atoms with Gasteiger partial charge in [-0.15, -0.1) is 0 Å². The first kappa shape index (κ1) is 19.5. The number of carbonyl (C=O) groups excluding carboxylic acids is 2. The Morgan fingerprint density at radius 1 is 1.21 bits per heavy atom. The van der Waals surface area contributed by atoms with Crippen molar-refractivity contribution in [2.75, 3.05) is 6.54 Å². The zero-order valence-corrected chi connectivity index (χ0v) is 15.5. The van der Waals surface area contributed by atoms with Crippen molar-refractivity contribution >= 4 is 17.5 Å². The standard InChI is InChI=1S/C21H22FN3O3/c1-2-23-20(26)18(11-14-7-4-3-5-8-14)24-21(27)19-13-17(25-28-19)15-9-6-10-16(22)12-15/h3-10,12,18-19H,2,11,13H2,1H3,(H,23,26)(H,24,27)/t18-,19-/m0/s1. The summed E-state index contributed by atoms with van der Waals surface area (Å²) in [5.41, 5.74) is 2.00. The first-order valence-electron chi connectivity index (χ1n) is 9.17.